The molecule has 0 saturated carbocycles. The molecule has 7 nitrogen and oxygen atoms in total. The van der Waals surface area contributed by atoms with E-state index < -0.39 is 6.09 Å². The number of anilines is 2. The van der Waals surface area contributed by atoms with Crippen molar-refractivity contribution < 1.29 is 9.90 Å². The van der Waals surface area contributed by atoms with E-state index in [4.69, 9.17) is 5.11 Å². The van der Waals surface area contributed by atoms with Crippen molar-refractivity contribution in [3.8, 4) is 0 Å². The van der Waals surface area contributed by atoms with E-state index in [0.717, 1.165) is 37.4 Å². The number of carbonyl (C=O) groups is 1. The Hall–Kier alpha value is -2.05. The van der Waals surface area contributed by atoms with Crippen molar-refractivity contribution in [1.29, 1.82) is 0 Å². The summed E-state index contributed by atoms with van der Waals surface area (Å²) in [6.07, 6.45) is 0.785. The molecule has 0 bridgehead atoms. The maximum absolute atomic E-state index is 11.0. The van der Waals surface area contributed by atoms with Gasteiger partial charge in [-0.25, -0.2) is 9.78 Å². The average Bonchev–Trinajstić information content (AvgIpc) is 2.45. The topological polar surface area (TPSA) is 72.8 Å². The van der Waals surface area contributed by atoms with Crippen LogP contribution < -0.4 is 9.80 Å². The lowest BCUT2D eigenvalue weighted by Gasteiger charge is -2.36. The Kier molecular flexibility index (Phi) is 4.50. The average molecular weight is 293 g/mol. The van der Waals surface area contributed by atoms with E-state index >= 15 is 0 Å². The second-order valence-corrected chi connectivity index (χ2v) is 5.67. The molecule has 116 valence electrons. The first kappa shape index (κ1) is 15.3. The number of aromatic nitrogens is 2. The highest BCUT2D eigenvalue weighted by Crippen LogP contribution is 2.22. The first-order valence-corrected chi connectivity index (χ1v) is 7.12. The van der Waals surface area contributed by atoms with E-state index in [1.54, 1.807) is 7.05 Å². The van der Waals surface area contributed by atoms with Crippen LogP contribution in [0.5, 0.6) is 0 Å². The molecule has 1 saturated heterocycles. The highest BCUT2D eigenvalue weighted by molar-refractivity contribution is 5.65. The SMILES string of the molecule is Cc1cc(N2CCC(N(C)C(=O)O)CC2)nc(N(C)C)n1. The van der Waals surface area contributed by atoms with Gasteiger partial charge in [0.15, 0.2) is 0 Å². The number of piperidine rings is 1. The Morgan fingerprint density at radius 1 is 1.29 bits per heavy atom. The molecule has 1 fully saturated rings. The maximum atomic E-state index is 11.0. The number of hydrogen-bond donors (Lipinski definition) is 1. The van der Waals surface area contributed by atoms with E-state index in [2.05, 4.69) is 14.9 Å². The molecule has 0 spiro atoms. The normalized spacial score (nSPS) is 15.9. The maximum Gasteiger partial charge on any atom is 0.407 e. The van der Waals surface area contributed by atoms with E-state index in [1.807, 2.05) is 32.0 Å². The number of nitrogens with zero attached hydrogens (tertiary/aromatic N) is 5. The molecule has 0 atom stereocenters. The Labute approximate surface area is 125 Å². The number of hydrogen-bond acceptors (Lipinski definition) is 5. The van der Waals surface area contributed by atoms with Crippen molar-refractivity contribution in [1.82, 2.24) is 14.9 Å². The summed E-state index contributed by atoms with van der Waals surface area (Å²) < 4.78 is 0. The second kappa shape index (κ2) is 6.15. The van der Waals surface area contributed by atoms with Crippen molar-refractivity contribution in [2.24, 2.45) is 0 Å². The Morgan fingerprint density at radius 3 is 2.43 bits per heavy atom. The van der Waals surface area contributed by atoms with Crippen LogP contribution in [-0.2, 0) is 0 Å². The number of aryl methyl sites for hydroxylation is 1. The zero-order valence-corrected chi connectivity index (χ0v) is 13.1. The smallest absolute Gasteiger partial charge is 0.407 e. The third-order valence-corrected chi connectivity index (χ3v) is 3.87. The highest BCUT2D eigenvalue weighted by atomic mass is 16.4. The van der Waals surface area contributed by atoms with Crippen molar-refractivity contribution in [3.05, 3.63) is 11.8 Å². The molecule has 1 aliphatic rings. The lowest BCUT2D eigenvalue weighted by atomic mass is 10.0. The minimum Gasteiger partial charge on any atom is -0.465 e. The predicted molar refractivity (Wildman–Crippen MR) is 82.1 cm³/mol. The van der Waals surface area contributed by atoms with Gasteiger partial charge in [0.2, 0.25) is 5.95 Å². The molecular formula is C14H23N5O2. The second-order valence-electron chi connectivity index (χ2n) is 5.67. The van der Waals surface area contributed by atoms with Crippen molar-refractivity contribution in [2.45, 2.75) is 25.8 Å². The highest BCUT2D eigenvalue weighted by Gasteiger charge is 2.26. The fourth-order valence-electron chi connectivity index (χ4n) is 2.54. The molecule has 2 heterocycles. The van der Waals surface area contributed by atoms with Gasteiger partial charge in [0, 0.05) is 52.0 Å². The molecule has 0 aromatic carbocycles. The van der Waals surface area contributed by atoms with Crippen molar-refractivity contribution in [2.75, 3.05) is 44.0 Å². The fraction of sp³-hybridized carbons (Fsp3) is 0.643. The van der Waals surface area contributed by atoms with E-state index in [9.17, 15) is 4.79 Å². The van der Waals surface area contributed by atoms with Gasteiger partial charge in [0.25, 0.3) is 0 Å². The molecule has 7 heteroatoms. The van der Waals surface area contributed by atoms with Gasteiger partial charge in [0.05, 0.1) is 0 Å². The molecule has 0 unspecified atom stereocenters. The van der Waals surface area contributed by atoms with Gasteiger partial charge in [-0.05, 0) is 19.8 Å². The van der Waals surface area contributed by atoms with E-state index in [1.165, 1.54) is 4.90 Å². The minimum absolute atomic E-state index is 0.0926. The molecule has 1 aliphatic heterocycles. The Balaban J connectivity index is 2.07. The van der Waals surface area contributed by atoms with Crippen LogP contribution in [0.25, 0.3) is 0 Å². The van der Waals surface area contributed by atoms with Crippen molar-refractivity contribution >= 4 is 17.9 Å². The summed E-state index contributed by atoms with van der Waals surface area (Å²) in [5.41, 5.74) is 0.938. The summed E-state index contributed by atoms with van der Waals surface area (Å²) in [4.78, 5) is 25.5. The van der Waals surface area contributed by atoms with Crippen LogP contribution in [-0.4, -0.2) is 66.3 Å². The van der Waals surface area contributed by atoms with Gasteiger partial charge >= 0.3 is 6.09 Å². The number of rotatable bonds is 3. The summed E-state index contributed by atoms with van der Waals surface area (Å²) in [5, 5.41) is 9.04. The lowest BCUT2D eigenvalue weighted by molar-refractivity contribution is 0.131. The largest absolute Gasteiger partial charge is 0.465 e. The molecule has 0 radical (unpaired) electrons. The van der Waals surface area contributed by atoms with Crippen LogP contribution in [0, 0.1) is 6.92 Å². The monoisotopic (exact) mass is 293 g/mol. The fourth-order valence-corrected chi connectivity index (χ4v) is 2.54. The van der Waals surface area contributed by atoms with E-state index in [0.29, 0.717) is 5.95 Å². The standard InChI is InChI=1S/C14H23N5O2/c1-10-9-12(16-13(15-10)17(2)3)19-7-5-11(6-8-19)18(4)14(20)21/h9,11H,5-8H2,1-4H3,(H,20,21). The van der Waals surface area contributed by atoms with Gasteiger partial charge in [-0.1, -0.05) is 0 Å². The van der Waals surface area contributed by atoms with E-state index in [-0.39, 0.29) is 6.04 Å². The van der Waals surface area contributed by atoms with Crippen LogP contribution in [0.15, 0.2) is 6.07 Å². The van der Waals surface area contributed by atoms with Crippen LogP contribution >= 0.6 is 0 Å². The van der Waals surface area contributed by atoms with Crippen LogP contribution in [0.2, 0.25) is 0 Å². The molecule has 1 amide bonds. The molecule has 1 aromatic rings. The Bertz CT molecular complexity index is 512. The minimum atomic E-state index is -0.860. The summed E-state index contributed by atoms with van der Waals surface area (Å²) in [5.74, 6) is 1.62. The van der Waals surface area contributed by atoms with Crippen LogP contribution in [0.4, 0.5) is 16.6 Å². The first-order valence-electron chi connectivity index (χ1n) is 7.12. The molecule has 1 N–H and O–H groups in total. The summed E-state index contributed by atoms with van der Waals surface area (Å²) >= 11 is 0. The first-order chi connectivity index (χ1) is 9.88. The molecule has 1 aromatic heterocycles. The van der Waals surface area contributed by atoms with Gasteiger partial charge in [-0.3, -0.25) is 0 Å². The van der Waals surface area contributed by atoms with Crippen molar-refractivity contribution in [3.63, 3.8) is 0 Å². The van der Waals surface area contributed by atoms with Gasteiger partial charge in [0.1, 0.15) is 5.82 Å². The third-order valence-electron chi connectivity index (χ3n) is 3.87. The predicted octanol–water partition coefficient (Wildman–Crippen LogP) is 1.43. The zero-order chi connectivity index (χ0) is 15.6. The summed E-state index contributed by atoms with van der Waals surface area (Å²) in [7, 11) is 5.49. The summed E-state index contributed by atoms with van der Waals surface area (Å²) in [6.45, 7) is 3.58. The number of carboxylic acid groups (broad SMARTS) is 1. The lowest BCUT2D eigenvalue weighted by Crippen LogP contribution is -2.45. The van der Waals surface area contributed by atoms with Crippen LogP contribution in [0.3, 0.4) is 0 Å². The van der Waals surface area contributed by atoms with Gasteiger partial charge < -0.3 is 19.8 Å². The van der Waals surface area contributed by atoms with Crippen LogP contribution in [0.1, 0.15) is 18.5 Å². The van der Waals surface area contributed by atoms with Gasteiger partial charge in [-0.2, -0.15) is 4.98 Å². The van der Waals surface area contributed by atoms with Gasteiger partial charge in [-0.15, -0.1) is 0 Å². The Morgan fingerprint density at radius 2 is 1.90 bits per heavy atom. The quantitative estimate of drug-likeness (QED) is 0.909. The zero-order valence-electron chi connectivity index (χ0n) is 13.1. The number of amides is 1. The molecule has 2 rings (SSSR count). The third kappa shape index (κ3) is 3.53. The summed E-state index contributed by atoms with van der Waals surface area (Å²) in [6, 6.07) is 2.07. The molecule has 0 aliphatic carbocycles. The molecular weight excluding hydrogens is 270 g/mol. The molecule has 21 heavy (non-hydrogen) atoms.